The normalized spacial score (nSPS) is 18.0. The van der Waals surface area contributed by atoms with Crippen molar-refractivity contribution in [3.05, 3.63) is 47.8 Å². The van der Waals surface area contributed by atoms with E-state index in [0.717, 1.165) is 37.8 Å². The van der Waals surface area contributed by atoms with Crippen molar-refractivity contribution in [3.8, 4) is 0 Å². The largest absolute Gasteiger partial charge is 0.357 e. The van der Waals surface area contributed by atoms with E-state index in [-0.39, 0.29) is 5.78 Å². The van der Waals surface area contributed by atoms with Gasteiger partial charge in [-0.15, -0.1) is 0 Å². The third-order valence-electron chi connectivity index (χ3n) is 5.29. The number of carbonyl (C=O) groups excluding carboxylic acids is 1. The molecule has 0 atom stereocenters. The van der Waals surface area contributed by atoms with Crippen LogP contribution in [0.5, 0.6) is 0 Å². The van der Waals surface area contributed by atoms with E-state index in [0.29, 0.717) is 11.4 Å². The van der Waals surface area contributed by atoms with E-state index < -0.39 is 0 Å². The number of nitrogens with zero attached hydrogens (tertiary/aromatic N) is 4. The first-order valence-corrected chi connectivity index (χ1v) is 9.80. The van der Waals surface area contributed by atoms with Gasteiger partial charge in [-0.05, 0) is 62.8 Å². The lowest BCUT2D eigenvalue weighted by atomic mass is 10.1. The Bertz CT molecular complexity index is 701. The molecule has 4 rings (SSSR count). The zero-order chi connectivity index (χ0) is 17.8. The highest BCUT2D eigenvalue weighted by atomic mass is 16.1. The van der Waals surface area contributed by atoms with Crippen molar-refractivity contribution < 1.29 is 4.79 Å². The second-order valence-electron chi connectivity index (χ2n) is 7.19. The van der Waals surface area contributed by atoms with Gasteiger partial charge in [-0.25, -0.2) is 9.97 Å². The minimum Gasteiger partial charge on any atom is -0.357 e. The first-order valence-electron chi connectivity index (χ1n) is 9.80. The second kappa shape index (κ2) is 7.85. The SMILES string of the molecule is O=C(c1cccc(N2CCCCC2)n1)c1cccc(N2CCCCC2)n1. The van der Waals surface area contributed by atoms with Crippen LogP contribution in [0.3, 0.4) is 0 Å². The summed E-state index contributed by atoms with van der Waals surface area (Å²) in [6.45, 7) is 4.08. The molecular weight excluding hydrogens is 324 g/mol. The number of rotatable bonds is 4. The standard InChI is InChI=1S/C21H26N4O/c26-21(17-9-7-11-19(22-17)24-13-3-1-4-14-24)18-10-8-12-20(23-18)25-15-5-2-6-16-25/h7-12H,1-6,13-16H2. The maximum Gasteiger partial charge on any atom is 0.229 e. The molecule has 4 heterocycles. The summed E-state index contributed by atoms with van der Waals surface area (Å²) in [4.78, 5) is 26.8. The van der Waals surface area contributed by atoms with E-state index in [1.807, 2.05) is 24.3 Å². The minimum absolute atomic E-state index is 0.0947. The van der Waals surface area contributed by atoms with E-state index in [1.54, 1.807) is 12.1 Å². The molecule has 5 heteroatoms. The van der Waals surface area contributed by atoms with Gasteiger partial charge in [-0.3, -0.25) is 4.79 Å². The highest BCUT2D eigenvalue weighted by Gasteiger charge is 2.18. The van der Waals surface area contributed by atoms with Gasteiger partial charge in [0.25, 0.3) is 0 Å². The molecule has 0 spiro atoms. The van der Waals surface area contributed by atoms with E-state index in [2.05, 4.69) is 19.8 Å². The molecule has 0 radical (unpaired) electrons. The molecule has 2 saturated heterocycles. The number of ketones is 1. The Morgan fingerprint density at radius 3 is 1.50 bits per heavy atom. The van der Waals surface area contributed by atoms with E-state index in [1.165, 1.54) is 38.5 Å². The van der Waals surface area contributed by atoms with Crippen molar-refractivity contribution in [1.29, 1.82) is 0 Å². The van der Waals surface area contributed by atoms with Gasteiger partial charge in [-0.2, -0.15) is 0 Å². The Morgan fingerprint density at radius 1 is 0.654 bits per heavy atom. The number of anilines is 2. The second-order valence-corrected chi connectivity index (χ2v) is 7.19. The van der Waals surface area contributed by atoms with Crippen LogP contribution in [0.15, 0.2) is 36.4 Å². The lowest BCUT2D eigenvalue weighted by molar-refractivity contribution is 0.103. The fourth-order valence-electron chi connectivity index (χ4n) is 3.83. The molecule has 0 amide bonds. The molecule has 136 valence electrons. The third-order valence-corrected chi connectivity index (χ3v) is 5.29. The van der Waals surface area contributed by atoms with Crippen LogP contribution in [0.2, 0.25) is 0 Å². The average molecular weight is 350 g/mol. The summed E-state index contributed by atoms with van der Waals surface area (Å²) in [6.07, 6.45) is 7.34. The van der Waals surface area contributed by atoms with Crippen LogP contribution in [-0.2, 0) is 0 Å². The molecular formula is C21H26N4O. The van der Waals surface area contributed by atoms with Crippen LogP contribution < -0.4 is 9.80 Å². The summed E-state index contributed by atoms with van der Waals surface area (Å²) >= 11 is 0. The zero-order valence-corrected chi connectivity index (χ0v) is 15.2. The van der Waals surface area contributed by atoms with Gasteiger partial charge in [0.15, 0.2) is 0 Å². The predicted molar refractivity (Wildman–Crippen MR) is 104 cm³/mol. The molecule has 2 fully saturated rings. The smallest absolute Gasteiger partial charge is 0.229 e. The van der Waals surface area contributed by atoms with E-state index >= 15 is 0 Å². The first kappa shape index (κ1) is 17.0. The van der Waals surface area contributed by atoms with Crippen LogP contribution in [-0.4, -0.2) is 41.9 Å². The van der Waals surface area contributed by atoms with Gasteiger partial charge in [0.1, 0.15) is 23.0 Å². The maximum absolute atomic E-state index is 13.0. The lowest BCUT2D eigenvalue weighted by Crippen LogP contribution is -2.31. The molecule has 0 aliphatic carbocycles. The van der Waals surface area contributed by atoms with Gasteiger partial charge >= 0.3 is 0 Å². The molecule has 2 aliphatic heterocycles. The molecule has 0 N–H and O–H groups in total. The number of aromatic nitrogens is 2. The van der Waals surface area contributed by atoms with Crippen molar-refractivity contribution in [1.82, 2.24) is 9.97 Å². The Kier molecular flexibility index (Phi) is 5.14. The van der Waals surface area contributed by atoms with Gasteiger partial charge in [0.2, 0.25) is 5.78 Å². The monoisotopic (exact) mass is 350 g/mol. The average Bonchev–Trinajstić information content (AvgIpc) is 2.75. The molecule has 2 aromatic heterocycles. The van der Waals surface area contributed by atoms with E-state index in [4.69, 9.17) is 0 Å². The summed E-state index contributed by atoms with van der Waals surface area (Å²) in [5.74, 6) is 1.72. The first-order chi connectivity index (χ1) is 12.8. The molecule has 0 bridgehead atoms. The predicted octanol–water partition coefficient (Wildman–Crippen LogP) is 3.69. The molecule has 5 nitrogen and oxygen atoms in total. The molecule has 0 saturated carbocycles. The number of hydrogen-bond donors (Lipinski definition) is 0. The fourth-order valence-corrected chi connectivity index (χ4v) is 3.83. The topological polar surface area (TPSA) is 49.3 Å². The molecule has 2 aliphatic rings. The summed E-state index contributed by atoms with van der Waals surface area (Å²) in [7, 11) is 0. The third kappa shape index (κ3) is 3.71. The Labute approximate surface area is 155 Å². The van der Waals surface area contributed by atoms with Crippen molar-refractivity contribution in [2.24, 2.45) is 0 Å². The van der Waals surface area contributed by atoms with Crippen LogP contribution in [0.1, 0.15) is 54.7 Å². The van der Waals surface area contributed by atoms with Crippen LogP contribution in [0, 0.1) is 0 Å². The lowest BCUT2D eigenvalue weighted by Gasteiger charge is -2.28. The number of hydrogen-bond acceptors (Lipinski definition) is 5. The zero-order valence-electron chi connectivity index (χ0n) is 15.2. The van der Waals surface area contributed by atoms with Gasteiger partial charge < -0.3 is 9.80 Å². The molecule has 0 aromatic carbocycles. The van der Waals surface area contributed by atoms with Crippen molar-refractivity contribution in [2.75, 3.05) is 36.0 Å². The Hall–Kier alpha value is -2.43. The van der Waals surface area contributed by atoms with Crippen molar-refractivity contribution >= 4 is 17.4 Å². The van der Waals surface area contributed by atoms with Crippen LogP contribution in [0.25, 0.3) is 0 Å². The number of pyridine rings is 2. The molecule has 2 aromatic rings. The highest BCUT2D eigenvalue weighted by Crippen LogP contribution is 2.21. The maximum atomic E-state index is 13.0. The Morgan fingerprint density at radius 2 is 1.08 bits per heavy atom. The van der Waals surface area contributed by atoms with Crippen molar-refractivity contribution in [2.45, 2.75) is 38.5 Å². The Balaban J connectivity index is 1.55. The summed E-state index contributed by atoms with van der Waals surface area (Å²) < 4.78 is 0. The van der Waals surface area contributed by atoms with Gasteiger partial charge in [0.05, 0.1) is 0 Å². The van der Waals surface area contributed by atoms with E-state index in [9.17, 15) is 4.79 Å². The summed E-state index contributed by atoms with van der Waals surface area (Å²) in [5, 5.41) is 0. The number of piperidine rings is 2. The number of carbonyl (C=O) groups is 1. The fraction of sp³-hybridized carbons (Fsp3) is 0.476. The van der Waals surface area contributed by atoms with Crippen LogP contribution in [0.4, 0.5) is 11.6 Å². The highest BCUT2D eigenvalue weighted by molar-refractivity contribution is 6.06. The van der Waals surface area contributed by atoms with Gasteiger partial charge in [0, 0.05) is 26.2 Å². The van der Waals surface area contributed by atoms with Crippen molar-refractivity contribution in [3.63, 3.8) is 0 Å². The summed E-state index contributed by atoms with van der Waals surface area (Å²) in [6, 6.07) is 11.5. The minimum atomic E-state index is -0.0947. The molecule has 0 unspecified atom stereocenters. The quantitative estimate of drug-likeness (QED) is 0.787. The van der Waals surface area contributed by atoms with Gasteiger partial charge in [-0.1, -0.05) is 12.1 Å². The molecule has 26 heavy (non-hydrogen) atoms. The summed E-state index contributed by atoms with van der Waals surface area (Å²) in [5.41, 5.74) is 0.965. The van der Waals surface area contributed by atoms with Crippen LogP contribution >= 0.6 is 0 Å².